The second-order valence-corrected chi connectivity index (χ2v) is 7.34. The fraction of sp³-hybridized carbons (Fsp3) is 0.316. The van der Waals surface area contributed by atoms with Crippen molar-refractivity contribution < 1.29 is 13.9 Å². The number of likely N-dealkylation sites (tertiary alicyclic amines) is 1. The number of hydrogen-bond acceptors (Lipinski definition) is 6. The zero-order valence-electron chi connectivity index (χ0n) is 14.4. The summed E-state index contributed by atoms with van der Waals surface area (Å²) >= 11 is 1.49. The first-order valence-corrected chi connectivity index (χ1v) is 9.39. The molecule has 0 saturated carbocycles. The second-order valence-electron chi connectivity index (χ2n) is 6.28. The molecule has 3 aromatic rings. The SMILES string of the molecule is Cc1nc(-c2cc3ccc(OCC(=O)N4CCCC4)cc3oc2=O)cs1. The molecule has 6 nitrogen and oxygen atoms in total. The van der Waals surface area contributed by atoms with Crippen molar-refractivity contribution >= 4 is 28.2 Å². The van der Waals surface area contributed by atoms with Gasteiger partial charge in [-0.3, -0.25) is 4.79 Å². The lowest BCUT2D eigenvalue weighted by molar-refractivity contribution is -0.132. The lowest BCUT2D eigenvalue weighted by Crippen LogP contribution is -2.32. The van der Waals surface area contributed by atoms with Crippen molar-refractivity contribution in [1.82, 2.24) is 9.88 Å². The molecule has 7 heteroatoms. The molecule has 0 unspecified atom stereocenters. The highest BCUT2D eigenvalue weighted by molar-refractivity contribution is 7.09. The third kappa shape index (κ3) is 3.35. The van der Waals surface area contributed by atoms with Gasteiger partial charge in [0.15, 0.2) is 6.61 Å². The number of rotatable bonds is 4. The van der Waals surface area contributed by atoms with E-state index in [0.717, 1.165) is 36.3 Å². The van der Waals surface area contributed by atoms with E-state index in [1.165, 1.54) is 11.3 Å². The molecule has 1 aromatic carbocycles. The summed E-state index contributed by atoms with van der Waals surface area (Å²) < 4.78 is 11.0. The number of aromatic nitrogens is 1. The number of carbonyl (C=O) groups is 1. The van der Waals surface area contributed by atoms with Gasteiger partial charge in [0.25, 0.3) is 5.91 Å². The predicted octanol–water partition coefficient (Wildman–Crippen LogP) is 3.23. The summed E-state index contributed by atoms with van der Waals surface area (Å²) in [6, 6.07) is 7.01. The Hall–Kier alpha value is -2.67. The maximum atomic E-state index is 12.3. The van der Waals surface area contributed by atoms with Crippen molar-refractivity contribution in [2.75, 3.05) is 19.7 Å². The molecule has 1 saturated heterocycles. The number of nitrogens with zero attached hydrogens (tertiary/aromatic N) is 2. The van der Waals surface area contributed by atoms with Crippen LogP contribution < -0.4 is 10.4 Å². The summed E-state index contributed by atoms with van der Waals surface area (Å²) in [6.45, 7) is 3.48. The monoisotopic (exact) mass is 370 g/mol. The van der Waals surface area contributed by atoms with Gasteiger partial charge in [-0.1, -0.05) is 0 Å². The van der Waals surface area contributed by atoms with Crippen LogP contribution in [-0.2, 0) is 4.79 Å². The third-order valence-corrected chi connectivity index (χ3v) is 5.20. The van der Waals surface area contributed by atoms with Crippen LogP contribution in [0.4, 0.5) is 0 Å². The van der Waals surface area contributed by atoms with Crippen LogP contribution in [-0.4, -0.2) is 35.5 Å². The van der Waals surface area contributed by atoms with Gasteiger partial charge in [0.2, 0.25) is 0 Å². The highest BCUT2D eigenvalue weighted by Crippen LogP contribution is 2.25. The maximum absolute atomic E-state index is 12.3. The Balaban J connectivity index is 1.55. The minimum absolute atomic E-state index is 0.00801. The van der Waals surface area contributed by atoms with Gasteiger partial charge >= 0.3 is 5.63 Å². The Bertz CT molecular complexity index is 1020. The van der Waals surface area contributed by atoms with Crippen molar-refractivity contribution in [3.05, 3.63) is 45.1 Å². The predicted molar refractivity (Wildman–Crippen MR) is 99.6 cm³/mol. The maximum Gasteiger partial charge on any atom is 0.345 e. The zero-order valence-corrected chi connectivity index (χ0v) is 15.2. The fourth-order valence-electron chi connectivity index (χ4n) is 3.05. The van der Waals surface area contributed by atoms with Gasteiger partial charge in [-0.25, -0.2) is 9.78 Å². The van der Waals surface area contributed by atoms with E-state index in [4.69, 9.17) is 9.15 Å². The van der Waals surface area contributed by atoms with E-state index in [9.17, 15) is 9.59 Å². The van der Waals surface area contributed by atoms with Gasteiger partial charge < -0.3 is 14.1 Å². The second kappa shape index (κ2) is 6.92. The standard InChI is InChI=1S/C19H18N2O4S/c1-12-20-16(11-26-12)15-8-13-4-5-14(9-17(13)25-19(15)23)24-10-18(22)21-6-2-3-7-21/h4-5,8-9,11H,2-3,6-7,10H2,1H3. The molecule has 0 spiro atoms. The minimum Gasteiger partial charge on any atom is -0.484 e. The highest BCUT2D eigenvalue weighted by Gasteiger charge is 2.18. The minimum atomic E-state index is -0.437. The molecule has 26 heavy (non-hydrogen) atoms. The van der Waals surface area contributed by atoms with Crippen LogP contribution in [0.25, 0.3) is 22.2 Å². The Morgan fingerprint density at radius 3 is 2.85 bits per heavy atom. The largest absolute Gasteiger partial charge is 0.484 e. The van der Waals surface area contributed by atoms with Crippen molar-refractivity contribution in [1.29, 1.82) is 0 Å². The van der Waals surface area contributed by atoms with Crippen molar-refractivity contribution in [2.45, 2.75) is 19.8 Å². The Morgan fingerprint density at radius 1 is 1.31 bits per heavy atom. The van der Waals surface area contributed by atoms with Crippen LogP contribution in [0.2, 0.25) is 0 Å². The summed E-state index contributed by atoms with van der Waals surface area (Å²) in [6.07, 6.45) is 2.10. The number of benzene rings is 1. The first-order chi connectivity index (χ1) is 12.6. The first-order valence-electron chi connectivity index (χ1n) is 8.51. The first kappa shape index (κ1) is 16.8. The molecular formula is C19H18N2O4S. The van der Waals surface area contributed by atoms with Crippen molar-refractivity contribution in [3.63, 3.8) is 0 Å². The van der Waals surface area contributed by atoms with Crippen LogP contribution in [0.1, 0.15) is 17.8 Å². The molecule has 3 heterocycles. The molecule has 0 N–H and O–H groups in total. The summed E-state index contributed by atoms with van der Waals surface area (Å²) in [5.74, 6) is 0.490. The molecule has 0 radical (unpaired) electrons. The Labute approximate surface area is 154 Å². The molecule has 134 valence electrons. The van der Waals surface area contributed by atoms with Gasteiger partial charge in [-0.15, -0.1) is 11.3 Å². The molecule has 0 atom stereocenters. The molecule has 0 bridgehead atoms. The number of amides is 1. The number of fused-ring (bicyclic) bond motifs is 1. The molecule has 0 aliphatic carbocycles. The molecule has 2 aromatic heterocycles. The Morgan fingerprint density at radius 2 is 2.12 bits per heavy atom. The van der Waals surface area contributed by atoms with Crippen LogP contribution in [0.3, 0.4) is 0 Å². The number of aryl methyl sites for hydroxylation is 1. The van der Waals surface area contributed by atoms with E-state index in [1.54, 1.807) is 18.2 Å². The molecule has 1 amide bonds. The van der Waals surface area contributed by atoms with Crippen LogP contribution in [0.15, 0.2) is 38.9 Å². The average Bonchev–Trinajstić information content (AvgIpc) is 3.30. The lowest BCUT2D eigenvalue weighted by Gasteiger charge is -2.15. The van der Waals surface area contributed by atoms with E-state index >= 15 is 0 Å². The van der Waals surface area contributed by atoms with Crippen LogP contribution >= 0.6 is 11.3 Å². The summed E-state index contributed by atoms with van der Waals surface area (Å²) in [5.41, 5.74) is 1.06. The van der Waals surface area contributed by atoms with Gasteiger partial charge in [0.1, 0.15) is 11.3 Å². The number of hydrogen-bond donors (Lipinski definition) is 0. The van der Waals surface area contributed by atoms with Gasteiger partial charge in [0, 0.05) is 29.9 Å². The highest BCUT2D eigenvalue weighted by atomic mass is 32.1. The van der Waals surface area contributed by atoms with E-state index in [1.807, 2.05) is 23.3 Å². The summed E-state index contributed by atoms with van der Waals surface area (Å²) in [5, 5.41) is 3.52. The van der Waals surface area contributed by atoms with Crippen molar-refractivity contribution in [3.8, 4) is 17.0 Å². The normalized spacial score (nSPS) is 14.1. The van der Waals surface area contributed by atoms with Gasteiger partial charge in [-0.2, -0.15) is 0 Å². The topological polar surface area (TPSA) is 72.6 Å². The molecule has 4 rings (SSSR count). The van der Waals surface area contributed by atoms with Crippen LogP contribution in [0.5, 0.6) is 5.75 Å². The third-order valence-electron chi connectivity index (χ3n) is 4.42. The fourth-order valence-corrected chi connectivity index (χ4v) is 3.66. The number of ether oxygens (including phenoxy) is 1. The Kier molecular flexibility index (Phi) is 4.46. The summed E-state index contributed by atoms with van der Waals surface area (Å²) in [4.78, 5) is 30.5. The molecule has 1 aliphatic rings. The van der Waals surface area contributed by atoms with E-state index in [2.05, 4.69) is 4.98 Å². The lowest BCUT2D eigenvalue weighted by atomic mass is 10.1. The van der Waals surface area contributed by atoms with Crippen LogP contribution in [0, 0.1) is 6.92 Å². The van der Waals surface area contributed by atoms with E-state index < -0.39 is 5.63 Å². The molecule has 1 aliphatic heterocycles. The van der Waals surface area contributed by atoms with Crippen molar-refractivity contribution in [2.24, 2.45) is 0 Å². The van der Waals surface area contributed by atoms with Gasteiger partial charge in [0.05, 0.1) is 16.3 Å². The van der Waals surface area contributed by atoms with E-state index in [-0.39, 0.29) is 12.5 Å². The molecule has 1 fully saturated rings. The zero-order chi connectivity index (χ0) is 18.1. The smallest absolute Gasteiger partial charge is 0.345 e. The van der Waals surface area contributed by atoms with Gasteiger partial charge in [-0.05, 0) is 38.0 Å². The van der Waals surface area contributed by atoms with E-state index in [0.29, 0.717) is 22.6 Å². The average molecular weight is 370 g/mol. The number of carbonyl (C=O) groups excluding carboxylic acids is 1. The quantitative estimate of drug-likeness (QED) is 0.659. The molecular weight excluding hydrogens is 352 g/mol. The number of thiazole rings is 1. The summed E-state index contributed by atoms with van der Waals surface area (Å²) in [7, 11) is 0.